The molecule has 172 valence electrons. The number of hydrogen-bond donors (Lipinski definition) is 1. The Balaban J connectivity index is 1.34. The van der Waals surface area contributed by atoms with Gasteiger partial charge in [0.05, 0.1) is 22.5 Å². The standard InChI is InChI=1S/C27H24N2O3S2/c1-12-7-9-14(10-8-12)29-25(30)20-16-11-17(21(20)26(29)31)22-19(16)18(15-6-4-3-5-13(15)2)23-24(33-22)28-27(32)34-23/h3-10,16-22H,11H2,1-2H3,(H,28,32)/t16-,17-,18+,19+,20+,21-,22-/m1/s1. The van der Waals surface area contributed by atoms with Crippen LogP contribution in [-0.4, -0.2) is 22.0 Å². The summed E-state index contributed by atoms with van der Waals surface area (Å²) in [5.41, 5.74) is 4.24. The van der Waals surface area contributed by atoms with Crippen LogP contribution in [0, 0.1) is 43.4 Å². The number of rotatable bonds is 2. The maximum absolute atomic E-state index is 13.8. The molecule has 2 bridgehead atoms. The third kappa shape index (κ3) is 2.65. The number of anilines is 1. The highest BCUT2D eigenvalue weighted by Gasteiger charge is 2.69. The van der Waals surface area contributed by atoms with Crippen molar-refractivity contribution in [2.45, 2.75) is 36.5 Å². The molecule has 7 atom stereocenters. The Labute approximate surface area is 205 Å². The van der Waals surface area contributed by atoms with Gasteiger partial charge in [0.1, 0.15) is 0 Å². The number of amides is 2. The number of thioether (sulfide) groups is 1. The molecule has 34 heavy (non-hydrogen) atoms. The molecular weight excluding hydrogens is 464 g/mol. The summed E-state index contributed by atoms with van der Waals surface area (Å²) in [5.74, 6) is 0.0363. The Morgan fingerprint density at radius 3 is 2.35 bits per heavy atom. The minimum absolute atomic E-state index is 0.0266. The fourth-order valence-electron chi connectivity index (χ4n) is 7.25. The summed E-state index contributed by atoms with van der Waals surface area (Å²) in [5, 5.41) is 1.18. The molecule has 7 heteroatoms. The van der Waals surface area contributed by atoms with Crippen molar-refractivity contribution >= 4 is 40.6 Å². The van der Waals surface area contributed by atoms with E-state index in [2.05, 4.69) is 30.1 Å². The number of benzene rings is 2. The molecule has 2 aliphatic heterocycles. The number of aromatic amines is 1. The first-order valence-corrected chi connectivity index (χ1v) is 13.5. The third-order valence-corrected chi connectivity index (χ3v) is 11.1. The molecule has 0 spiro atoms. The molecule has 2 saturated carbocycles. The van der Waals surface area contributed by atoms with Crippen molar-refractivity contribution in [3.8, 4) is 0 Å². The van der Waals surface area contributed by atoms with Gasteiger partial charge in [-0.25, -0.2) is 0 Å². The lowest BCUT2D eigenvalue weighted by atomic mass is 9.67. The predicted molar refractivity (Wildman–Crippen MR) is 133 cm³/mol. The molecule has 0 radical (unpaired) electrons. The Morgan fingerprint density at radius 2 is 1.62 bits per heavy atom. The van der Waals surface area contributed by atoms with Gasteiger partial charge in [0.25, 0.3) is 0 Å². The molecule has 5 nitrogen and oxygen atoms in total. The summed E-state index contributed by atoms with van der Waals surface area (Å²) in [6.45, 7) is 4.13. The van der Waals surface area contributed by atoms with Gasteiger partial charge in [0.2, 0.25) is 11.8 Å². The molecular formula is C27H24N2O3S2. The number of hydrogen-bond acceptors (Lipinski definition) is 5. The number of carbonyl (C=O) groups excluding carboxylic acids is 2. The average Bonchev–Trinajstić information content (AvgIpc) is 3.54. The molecule has 2 aliphatic carbocycles. The molecule has 2 amide bonds. The number of fused-ring (bicyclic) bond motifs is 9. The van der Waals surface area contributed by atoms with Gasteiger partial charge in [-0.05, 0) is 61.3 Å². The molecule has 3 heterocycles. The summed E-state index contributed by atoms with van der Waals surface area (Å²) in [7, 11) is 0. The van der Waals surface area contributed by atoms with E-state index in [4.69, 9.17) is 0 Å². The lowest BCUT2D eigenvalue weighted by Crippen LogP contribution is -2.42. The fourth-order valence-corrected chi connectivity index (χ4v) is 10.1. The van der Waals surface area contributed by atoms with E-state index in [1.54, 1.807) is 11.8 Å². The number of thiazole rings is 1. The van der Waals surface area contributed by atoms with Gasteiger partial charge in [-0.1, -0.05) is 53.3 Å². The number of imide groups is 1. The second-order valence-electron chi connectivity index (χ2n) is 10.2. The van der Waals surface area contributed by atoms with Crippen LogP contribution in [0.1, 0.15) is 33.9 Å². The van der Waals surface area contributed by atoms with Gasteiger partial charge in [0, 0.05) is 16.0 Å². The van der Waals surface area contributed by atoms with E-state index in [0.717, 1.165) is 21.9 Å². The van der Waals surface area contributed by atoms with Crippen LogP contribution in [0.15, 0.2) is 58.4 Å². The number of aryl methyl sites for hydroxylation is 2. The van der Waals surface area contributed by atoms with E-state index in [1.165, 1.54) is 27.4 Å². The van der Waals surface area contributed by atoms with Crippen molar-refractivity contribution in [2.75, 3.05) is 4.90 Å². The number of H-pyrrole nitrogens is 1. The van der Waals surface area contributed by atoms with Crippen molar-refractivity contribution < 1.29 is 9.59 Å². The second-order valence-corrected chi connectivity index (χ2v) is 12.4. The van der Waals surface area contributed by atoms with Gasteiger partial charge < -0.3 is 4.98 Å². The predicted octanol–water partition coefficient (Wildman–Crippen LogP) is 4.73. The smallest absolute Gasteiger partial charge is 0.305 e. The van der Waals surface area contributed by atoms with E-state index >= 15 is 0 Å². The quantitative estimate of drug-likeness (QED) is 0.530. The van der Waals surface area contributed by atoms with Gasteiger partial charge in [-0.15, -0.1) is 11.8 Å². The minimum Gasteiger partial charge on any atom is -0.307 e. The van der Waals surface area contributed by atoms with E-state index in [9.17, 15) is 14.4 Å². The number of carbonyl (C=O) groups is 2. The highest BCUT2D eigenvalue weighted by Crippen LogP contribution is 2.68. The maximum atomic E-state index is 13.8. The topological polar surface area (TPSA) is 70.2 Å². The highest BCUT2D eigenvalue weighted by molar-refractivity contribution is 8.00. The van der Waals surface area contributed by atoms with Crippen LogP contribution >= 0.6 is 23.1 Å². The molecule has 1 aromatic heterocycles. The van der Waals surface area contributed by atoms with Crippen LogP contribution in [0.5, 0.6) is 0 Å². The van der Waals surface area contributed by atoms with Crippen LogP contribution in [-0.2, 0) is 9.59 Å². The van der Waals surface area contributed by atoms with E-state index in [-0.39, 0.29) is 57.4 Å². The fraction of sp³-hybridized carbons (Fsp3) is 0.370. The second kappa shape index (κ2) is 7.18. The minimum atomic E-state index is -0.260. The van der Waals surface area contributed by atoms with Crippen molar-refractivity contribution in [2.24, 2.45) is 29.6 Å². The Kier molecular flexibility index (Phi) is 4.38. The van der Waals surface area contributed by atoms with Crippen LogP contribution in [0.25, 0.3) is 0 Å². The van der Waals surface area contributed by atoms with E-state index < -0.39 is 0 Å². The normalized spacial score (nSPS) is 33.2. The molecule has 1 N–H and O–H groups in total. The van der Waals surface area contributed by atoms with E-state index in [1.807, 2.05) is 37.3 Å². The third-order valence-electron chi connectivity index (χ3n) is 8.54. The van der Waals surface area contributed by atoms with Gasteiger partial charge >= 0.3 is 4.87 Å². The zero-order valence-electron chi connectivity index (χ0n) is 18.9. The lowest BCUT2D eigenvalue weighted by molar-refractivity contribution is -0.123. The largest absolute Gasteiger partial charge is 0.307 e. The lowest BCUT2D eigenvalue weighted by Gasteiger charge is -2.43. The number of aromatic nitrogens is 1. The molecule has 1 saturated heterocycles. The van der Waals surface area contributed by atoms with Crippen LogP contribution in [0.2, 0.25) is 0 Å². The average molecular weight is 489 g/mol. The highest BCUT2D eigenvalue weighted by atomic mass is 32.2. The molecule has 7 rings (SSSR count). The summed E-state index contributed by atoms with van der Waals surface area (Å²) in [6, 6.07) is 16.1. The van der Waals surface area contributed by atoms with Crippen LogP contribution in [0.4, 0.5) is 5.69 Å². The summed E-state index contributed by atoms with van der Waals surface area (Å²) in [4.78, 5) is 45.4. The van der Waals surface area contributed by atoms with Gasteiger partial charge in [-0.2, -0.15) is 0 Å². The van der Waals surface area contributed by atoms with Crippen LogP contribution in [0.3, 0.4) is 0 Å². The molecule has 3 fully saturated rings. The number of nitrogens with zero attached hydrogens (tertiary/aromatic N) is 1. The Morgan fingerprint density at radius 1 is 0.912 bits per heavy atom. The van der Waals surface area contributed by atoms with Crippen molar-refractivity contribution in [3.63, 3.8) is 0 Å². The molecule has 0 unspecified atom stereocenters. The SMILES string of the molecule is Cc1ccc(N2C(=O)[C@@H]3[C@H]4C[C@@H]([C@@H]3C2=O)[C@H]2[C@H](c3ccccc3C)c3sc(=O)[nH]c3S[C@H]42)cc1. The van der Waals surface area contributed by atoms with Crippen molar-refractivity contribution in [1.29, 1.82) is 0 Å². The number of nitrogens with one attached hydrogen (secondary N) is 1. The Bertz CT molecular complexity index is 1410. The zero-order valence-corrected chi connectivity index (χ0v) is 20.5. The van der Waals surface area contributed by atoms with Gasteiger partial charge in [-0.3, -0.25) is 19.3 Å². The summed E-state index contributed by atoms with van der Waals surface area (Å²) in [6.07, 6.45) is 0.915. The van der Waals surface area contributed by atoms with Gasteiger partial charge in [0.15, 0.2) is 0 Å². The summed E-state index contributed by atoms with van der Waals surface area (Å²) >= 11 is 3.05. The summed E-state index contributed by atoms with van der Waals surface area (Å²) < 4.78 is 0. The first-order valence-electron chi connectivity index (χ1n) is 11.8. The first-order chi connectivity index (χ1) is 16.4. The Hall–Kier alpha value is -2.64. The zero-order chi connectivity index (χ0) is 23.3. The van der Waals surface area contributed by atoms with Crippen molar-refractivity contribution in [1.82, 2.24) is 4.98 Å². The molecule has 3 aromatic rings. The first kappa shape index (κ1) is 20.7. The maximum Gasteiger partial charge on any atom is 0.305 e. The van der Waals surface area contributed by atoms with Crippen molar-refractivity contribution in [3.05, 3.63) is 79.8 Å². The molecule has 4 aliphatic rings. The van der Waals surface area contributed by atoms with Crippen LogP contribution < -0.4 is 9.77 Å². The monoisotopic (exact) mass is 488 g/mol. The molecule has 2 aromatic carbocycles. The van der Waals surface area contributed by atoms with E-state index in [0.29, 0.717) is 5.69 Å².